The molecule has 0 amide bonds. The van der Waals surface area contributed by atoms with Gasteiger partial charge in [-0.2, -0.15) is 0 Å². The van der Waals surface area contributed by atoms with Crippen LogP contribution in [0.15, 0.2) is 18.2 Å². The number of hydrogen-bond donors (Lipinski definition) is 1. The summed E-state index contributed by atoms with van der Waals surface area (Å²) in [5, 5.41) is 0. The van der Waals surface area contributed by atoms with E-state index >= 15 is 0 Å². The largest absolute Gasteiger partial charge is 0.378 e. The van der Waals surface area contributed by atoms with Crippen molar-refractivity contribution in [3.63, 3.8) is 0 Å². The molecule has 1 heterocycles. The fraction of sp³-hybridized carbons (Fsp3) is 0.538. The van der Waals surface area contributed by atoms with Gasteiger partial charge in [0, 0.05) is 12.6 Å². The first-order chi connectivity index (χ1) is 7.66. The molecule has 1 aromatic rings. The van der Waals surface area contributed by atoms with Crippen LogP contribution >= 0.6 is 0 Å². The Bertz CT molecular complexity index is 361. The van der Waals surface area contributed by atoms with Gasteiger partial charge in [0.15, 0.2) is 0 Å². The summed E-state index contributed by atoms with van der Waals surface area (Å²) < 4.78 is 18.7. The number of aryl methyl sites for hydroxylation is 1. The van der Waals surface area contributed by atoms with Crippen LogP contribution in [0, 0.1) is 12.7 Å². The fourth-order valence-electron chi connectivity index (χ4n) is 2.25. The lowest BCUT2D eigenvalue weighted by Crippen LogP contribution is -2.19. The van der Waals surface area contributed by atoms with Gasteiger partial charge in [0.1, 0.15) is 5.82 Å². The van der Waals surface area contributed by atoms with Crippen LogP contribution in [-0.4, -0.2) is 12.7 Å². The van der Waals surface area contributed by atoms with E-state index in [1.807, 2.05) is 6.92 Å². The van der Waals surface area contributed by atoms with Gasteiger partial charge in [0.2, 0.25) is 0 Å². The molecule has 1 aliphatic heterocycles. The van der Waals surface area contributed by atoms with Crippen LogP contribution in [0.1, 0.15) is 36.4 Å². The highest BCUT2D eigenvalue weighted by atomic mass is 19.1. The van der Waals surface area contributed by atoms with Crippen molar-refractivity contribution in [1.29, 1.82) is 0 Å². The van der Waals surface area contributed by atoms with E-state index in [1.54, 1.807) is 6.07 Å². The molecule has 2 nitrogen and oxygen atoms in total. The molecule has 1 aliphatic rings. The van der Waals surface area contributed by atoms with Crippen LogP contribution < -0.4 is 5.73 Å². The molecule has 1 fully saturated rings. The molecule has 16 heavy (non-hydrogen) atoms. The lowest BCUT2D eigenvalue weighted by molar-refractivity contribution is 0.0982. The zero-order chi connectivity index (χ0) is 11.5. The molecule has 0 aromatic heterocycles. The highest BCUT2D eigenvalue weighted by molar-refractivity contribution is 5.29. The molecule has 0 saturated carbocycles. The quantitative estimate of drug-likeness (QED) is 0.855. The molecular formula is C13H18FNO. The van der Waals surface area contributed by atoms with Gasteiger partial charge in [-0.15, -0.1) is 0 Å². The number of benzene rings is 1. The second kappa shape index (κ2) is 4.93. The van der Waals surface area contributed by atoms with Crippen LogP contribution in [0.25, 0.3) is 0 Å². The zero-order valence-corrected chi connectivity index (χ0v) is 9.58. The first kappa shape index (κ1) is 11.6. The summed E-state index contributed by atoms with van der Waals surface area (Å²) >= 11 is 0. The molecule has 2 atom stereocenters. The van der Waals surface area contributed by atoms with Crippen LogP contribution in [0.2, 0.25) is 0 Å². The maximum absolute atomic E-state index is 13.1. The fourth-order valence-corrected chi connectivity index (χ4v) is 2.25. The molecule has 2 N–H and O–H groups in total. The number of nitrogens with two attached hydrogens (primary N) is 1. The van der Waals surface area contributed by atoms with E-state index in [2.05, 4.69) is 0 Å². The summed E-state index contributed by atoms with van der Waals surface area (Å²) in [4.78, 5) is 0. The van der Waals surface area contributed by atoms with Crippen molar-refractivity contribution in [3.05, 3.63) is 35.1 Å². The molecule has 3 heteroatoms. The van der Waals surface area contributed by atoms with Crippen molar-refractivity contribution in [2.45, 2.75) is 38.3 Å². The molecular weight excluding hydrogens is 205 g/mol. The van der Waals surface area contributed by atoms with Crippen LogP contribution in [0.3, 0.4) is 0 Å². The molecule has 0 radical (unpaired) electrons. The van der Waals surface area contributed by atoms with E-state index in [-0.39, 0.29) is 18.0 Å². The monoisotopic (exact) mass is 223 g/mol. The van der Waals surface area contributed by atoms with E-state index < -0.39 is 0 Å². The lowest BCUT2D eigenvalue weighted by atomic mass is 9.96. The number of ether oxygens (including phenoxy) is 1. The summed E-state index contributed by atoms with van der Waals surface area (Å²) in [6.45, 7) is 2.80. The number of hydrogen-bond acceptors (Lipinski definition) is 2. The molecule has 2 rings (SSSR count). The molecule has 0 bridgehead atoms. The smallest absolute Gasteiger partial charge is 0.123 e. The Morgan fingerprint density at radius 3 is 3.06 bits per heavy atom. The third-order valence-corrected chi connectivity index (χ3v) is 3.18. The number of rotatable bonds is 3. The predicted octanol–water partition coefficient (Wildman–Crippen LogP) is 2.70. The van der Waals surface area contributed by atoms with Gasteiger partial charge < -0.3 is 10.5 Å². The van der Waals surface area contributed by atoms with Crippen molar-refractivity contribution in [3.8, 4) is 0 Å². The Labute approximate surface area is 95.6 Å². The van der Waals surface area contributed by atoms with Gasteiger partial charge in [0.25, 0.3) is 0 Å². The van der Waals surface area contributed by atoms with Crippen LogP contribution in [0.5, 0.6) is 0 Å². The third kappa shape index (κ3) is 2.60. The van der Waals surface area contributed by atoms with E-state index in [4.69, 9.17) is 10.5 Å². The van der Waals surface area contributed by atoms with Crippen molar-refractivity contribution in [1.82, 2.24) is 0 Å². The van der Waals surface area contributed by atoms with Gasteiger partial charge in [-0.1, -0.05) is 6.07 Å². The second-order valence-electron chi connectivity index (χ2n) is 4.48. The highest BCUT2D eigenvalue weighted by Crippen LogP contribution is 2.25. The molecule has 0 spiro atoms. The van der Waals surface area contributed by atoms with Gasteiger partial charge in [0.05, 0.1) is 6.10 Å². The standard InChI is InChI=1S/C13H18FNO/c1-9-4-5-10(14)7-12(9)13(15)8-11-3-2-6-16-11/h4-5,7,11,13H,2-3,6,8,15H2,1H3. The SMILES string of the molecule is Cc1ccc(F)cc1C(N)CC1CCCO1. The number of halogens is 1. The molecule has 1 aromatic carbocycles. The summed E-state index contributed by atoms with van der Waals surface area (Å²) in [6.07, 6.45) is 3.21. The van der Waals surface area contributed by atoms with Gasteiger partial charge >= 0.3 is 0 Å². The van der Waals surface area contributed by atoms with E-state index in [1.165, 1.54) is 12.1 Å². The minimum Gasteiger partial charge on any atom is -0.378 e. The molecule has 1 saturated heterocycles. The summed E-state index contributed by atoms with van der Waals surface area (Å²) in [7, 11) is 0. The average molecular weight is 223 g/mol. The van der Waals surface area contributed by atoms with Crippen molar-refractivity contribution in [2.75, 3.05) is 6.61 Å². The summed E-state index contributed by atoms with van der Waals surface area (Å²) in [6, 6.07) is 4.66. The van der Waals surface area contributed by atoms with Crippen molar-refractivity contribution in [2.24, 2.45) is 5.73 Å². The van der Waals surface area contributed by atoms with E-state index in [9.17, 15) is 4.39 Å². The van der Waals surface area contributed by atoms with E-state index in [0.717, 1.165) is 37.0 Å². The van der Waals surface area contributed by atoms with Crippen molar-refractivity contribution < 1.29 is 9.13 Å². The molecule has 2 unspecified atom stereocenters. The Kier molecular flexibility index (Phi) is 3.56. The summed E-state index contributed by atoms with van der Waals surface area (Å²) in [5.74, 6) is -0.219. The van der Waals surface area contributed by atoms with Crippen LogP contribution in [0.4, 0.5) is 4.39 Å². The average Bonchev–Trinajstić information content (AvgIpc) is 2.74. The maximum Gasteiger partial charge on any atom is 0.123 e. The Balaban J connectivity index is 2.07. The van der Waals surface area contributed by atoms with Gasteiger partial charge in [-0.25, -0.2) is 4.39 Å². The van der Waals surface area contributed by atoms with Gasteiger partial charge in [-0.3, -0.25) is 0 Å². The summed E-state index contributed by atoms with van der Waals surface area (Å²) in [5.41, 5.74) is 8.04. The minimum absolute atomic E-state index is 0.126. The third-order valence-electron chi connectivity index (χ3n) is 3.18. The Hall–Kier alpha value is -0.930. The first-order valence-electron chi connectivity index (χ1n) is 5.80. The normalized spacial score (nSPS) is 22.3. The highest BCUT2D eigenvalue weighted by Gasteiger charge is 2.20. The topological polar surface area (TPSA) is 35.2 Å². The van der Waals surface area contributed by atoms with Crippen molar-refractivity contribution >= 4 is 0 Å². The Morgan fingerprint density at radius 2 is 2.38 bits per heavy atom. The van der Waals surface area contributed by atoms with E-state index in [0.29, 0.717) is 0 Å². The minimum atomic E-state index is -0.219. The lowest BCUT2D eigenvalue weighted by Gasteiger charge is -2.18. The second-order valence-corrected chi connectivity index (χ2v) is 4.48. The molecule has 88 valence electrons. The molecule has 0 aliphatic carbocycles. The predicted molar refractivity (Wildman–Crippen MR) is 61.7 cm³/mol. The van der Waals surface area contributed by atoms with Crippen LogP contribution in [-0.2, 0) is 4.74 Å². The first-order valence-corrected chi connectivity index (χ1v) is 5.80. The maximum atomic E-state index is 13.1. The zero-order valence-electron chi connectivity index (χ0n) is 9.58. The van der Waals surface area contributed by atoms with Gasteiger partial charge in [-0.05, 0) is 49.4 Å². The Morgan fingerprint density at radius 1 is 1.56 bits per heavy atom.